The number of nitrogens with one attached hydrogen (secondary N) is 1. The summed E-state index contributed by atoms with van der Waals surface area (Å²) in [5.74, 6) is -1.55. The molecule has 0 aliphatic heterocycles. The smallest absolute Gasteiger partial charge is 0.329 e. The van der Waals surface area contributed by atoms with E-state index in [0.29, 0.717) is 11.7 Å². The van der Waals surface area contributed by atoms with Gasteiger partial charge in [-0.05, 0) is 17.7 Å². The lowest BCUT2D eigenvalue weighted by Gasteiger charge is -2.09. The molecule has 0 spiro atoms. The van der Waals surface area contributed by atoms with Crippen molar-refractivity contribution in [3.8, 4) is 0 Å². The van der Waals surface area contributed by atoms with Crippen LogP contribution in [0.25, 0.3) is 11.2 Å². The minimum absolute atomic E-state index is 0.199. The first-order valence-corrected chi connectivity index (χ1v) is 8.91. The van der Waals surface area contributed by atoms with Gasteiger partial charge >= 0.3 is 5.69 Å². The van der Waals surface area contributed by atoms with Gasteiger partial charge < -0.3 is 14.5 Å². The number of carbonyl (C=O) groups excluding carboxylic acids is 1. The predicted molar refractivity (Wildman–Crippen MR) is 94.6 cm³/mol. The van der Waals surface area contributed by atoms with E-state index in [-0.39, 0.29) is 16.9 Å². The highest BCUT2D eigenvalue weighted by Gasteiger charge is 2.18. The highest BCUT2D eigenvalue weighted by molar-refractivity contribution is 9.10. The van der Waals surface area contributed by atoms with Crippen LogP contribution in [0.3, 0.4) is 0 Å². The first-order chi connectivity index (χ1) is 11.9. The van der Waals surface area contributed by atoms with Crippen LogP contribution >= 0.6 is 27.7 Å². The summed E-state index contributed by atoms with van der Waals surface area (Å²) in [6.07, 6.45) is 0. The van der Waals surface area contributed by atoms with Gasteiger partial charge in [-0.25, -0.2) is 9.78 Å². The number of fused-ring (bicyclic) bond motifs is 1. The number of aliphatic carboxylic acids is 1. The molecule has 25 heavy (non-hydrogen) atoms. The zero-order chi connectivity index (χ0) is 18.1. The number of nitrogens with zero attached hydrogens (tertiary/aromatic N) is 3. The molecule has 3 aromatic rings. The quantitative estimate of drug-likeness (QED) is 0.581. The molecule has 0 atom stereocenters. The van der Waals surface area contributed by atoms with Crippen molar-refractivity contribution >= 4 is 44.8 Å². The van der Waals surface area contributed by atoms with Crippen molar-refractivity contribution in [2.24, 2.45) is 7.05 Å². The predicted octanol–water partition coefficient (Wildman–Crippen LogP) is 0.0761. The lowest BCUT2D eigenvalue weighted by molar-refractivity contribution is -0.301. The number of hydrogen-bond donors (Lipinski definition) is 1. The Labute approximate surface area is 153 Å². The van der Waals surface area contributed by atoms with Gasteiger partial charge in [-0.3, -0.25) is 14.3 Å². The molecule has 1 N–H and O–H groups in total. The highest BCUT2D eigenvalue weighted by atomic mass is 79.9. The molecule has 0 saturated heterocycles. The molecular formula is C15H12BrN4O4S-. The molecule has 3 rings (SSSR count). The summed E-state index contributed by atoms with van der Waals surface area (Å²) in [5.41, 5.74) is 0.145. The van der Waals surface area contributed by atoms with Crippen LogP contribution in [0.15, 0.2) is 43.5 Å². The Morgan fingerprint density at radius 2 is 2.16 bits per heavy atom. The topological polar surface area (TPSA) is 113 Å². The lowest BCUT2D eigenvalue weighted by atomic mass is 10.2. The van der Waals surface area contributed by atoms with Crippen LogP contribution in [0.5, 0.6) is 0 Å². The summed E-state index contributed by atoms with van der Waals surface area (Å²) in [6.45, 7) is 0.298. The Kier molecular flexibility index (Phi) is 4.82. The van der Waals surface area contributed by atoms with Crippen LogP contribution in [0.2, 0.25) is 0 Å². The van der Waals surface area contributed by atoms with Crippen LogP contribution in [0.1, 0.15) is 5.56 Å². The van der Waals surface area contributed by atoms with Crippen LogP contribution in [-0.2, 0) is 18.4 Å². The molecule has 2 heterocycles. The summed E-state index contributed by atoms with van der Waals surface area (Å²) < 4.78 is 3.69. The van der Waals surface area contributed by atoms with Crippen LogP contribution in [0, 0.1) is 0 Å². The van der Waals surface area contributed by atoms with Crippen molar-refractivity contribution in [3.05, 3.63) is 55.1 Å². The number of benzene rings is 1. The first kappa shape index (κ1) is 17.5. The van der Waals surface area contributed by atoms with Gasteiger partial charge in [0.15, 0.2) is 16.3 Å². The van der Waals surface area contributed by atoms with Crippen molar-refractivity contribution in [1.82, 2.24) is 19.1 Å². The van der Waals surface area contributed by atoms with Gasteiger partial charge in [-0.15, -0.1) is 0 Å². The summed E-state index contributed by atoms with van der Waals surface area (Å²) in [6, 6.07) is 7.49. The van der Waals surface area contributed by atoms with Gasteiger partial charge in [-0.1, -0.05) is 39.8 Å². The first-order valence-electron chi connectivity index (χ1n) is 7.13. The molecule has 8 nitrogen and oxygen atoms in total. The van der Waals surface area contributed by atoms with Crippen molar-refractivity contribution in [2.45, 2.75) is 11.7 Å². The van der Waals surface area contributed by atoms with Crippen molar-refractivity contribution < 1.29 is 9.90 Å². The number of imidazole rings is 1. The second-order valence-electron chi connectivity index (χ2n) is 5.26. The molecule has 10 heteroatoms. The lowest BCUT2D eigenvalue weighted by Crippen LogP contribution is -2.29. The van der Waals surface area contributed by atoms with Gasteiger partial charge in [0.25, 0.3) is 5.56 Å². The molecule has 1 aromatic carbocycles. The van der Waals surface area contributed by atoms with E-state index in [0.717, 1.165) is 21.8 Å². The van der Waals surface area contributed by atoms with Gasteiger partial charge in [0.2, 0.25) is 0 Å². The molecule has 0 unspecified atom stereocenters. The molecule has 0 saturated carbocycles. The zero-order valence-electron chi connectivity index (χ0n) is 13.0. The number of H-pyrrole nitrogens is 1. The van der Waals surface area contributed by atoms with E-state index in [2.05, 4.69) is 25.9 Å². The molecule has 0 radical (unpaired) electrons. The average Bonchev–Trinajstić information content (AvgIpc) is 2.90. The largest absolute Gasteiger partial charge is 0.549 e. The van der Waals surface area contributed by atoms with E-state index in [1.54, 1.807) is 4.57 Å². The number of aromatic amines is 1. The summed E-state index contributed by atoms with van der Waals surface area (Å²) in [7, 11) is 1.49. The SMILES string of the molecule is Cn1c(=O)[nH]c(=O)c2c1nc(SCC(=O)[O-])n2Cc1cccc(Br)c1. The summed E-state index contributed by atoms with van der Waals surface area (Å²) in [4.78, 5) is 41.4. The zero-order valence-corrected chi connectivity index (χ0v) is 15.4. The maximum Gasteiger partial charge on any atom is 0.329 e. The van der Waals surface area contributed by atoms with Gasteiger partial charge in [0, 0.05) is 17.3 Å². The molecule has 130 valence electrons. The van der Waals surface area contributed by atoms with Crippen LogP contribution < -0.4 is 16.4 Å². The van der Waals surface area contributed by atoms with Crippen LogP contribution in [0.4, 0.5) is 0 Å². The fourth-order valence-electron chi connectivity index (χ4n) is 2.41. The van der Waals surface area contributed by atoms with Crippen molar-refractivity contribution in [1.29, 1.82) is 0 Å². The number of hydrogen-bond acceptors (Lipinski definition) is 6. The molecule has 0 aliphatic rings. The van der Waals surface area contributed by atoms with E-state index in [1.807, 2.05) is 24.3 Å². The van der Waals surface area contributed by atoms with E-state index < -0.39 is 17.2 Å². The third kappa shape index (κ3) is 3.54. The number of thioether (sulfide) groups is 1. The Bertz CT molecular complexity index is 1090. The number of carboxylic acid groups (broad SMARTS) is 1. The monoisotopic (exact) mass is 423 g/mol. The molecule has 0 amide bonds. The fourth-order valence-corrected chi connectivity index (χ4v) is 3.57. The fraction of sp³-hybridized carbons (Fsp3) is 0.200. The molecule has 2 aromatic heterocycles. The standard InChI is InChI=1S/C15H13BrN4O4S/c1-19-12-11(13(23)18-14(19)24)20(15(17-12)25-7-10(21)22)6-8-3-2-4-9(16)5-8/h2-5H,6-7H2,1H3,(H,21,22)(H,18,23,24)/p-1. The Hall–Kier alpha value is -2.33. The third-order valence-electron chi connectivity index (χ3n) is 3.52. The minimum Gasteiger partial charge on any atom is -0.549 e. The van der Waals surface area contributed by atoms with Gasteiger partial charge in [-0.2, -0.15) is 0 Å². The Morgan fingerprint density at radius 3 is 2.84 bits per heavy atom. The Balaban J connectivity index is 2.20. The second-order valence-corrected chi connectivity index (χ2v) is 7.12. The number of carboxylic acids is 1. The number of aryl methyl sites for hydroxylation is 1. The van der Waals surface area contributed by atoms with E-state index in [1.165, 1.54) is 11.6 Å². The van der Waals surface area contributed by atoms with Crippen molar-refractivity contribution in [2.75, 3.05) is 5.75 Å². The maximum atomic E-state index is 12.3. The number of carbonyl (C=O) groups is 1. The van der Waals surface area contributed by atoms with Crippen molar-refractivity contribution in [3.63, 3.8) is 0 Å². The maximum absolute atomic E-state index is 12.3. The number of halogens is 1. The molecule has 0 fully saturated rings. The molecule has 0 aliphatic carbocycles. The van der Waals surface area contributed by atoms with Crippen LogP contribution in [-0.4, -0.2) is 30.8 Å². The normalized spacial score (nSPS) is 11.1. The summed E-state index contributed by atoms with van der Waals surface area (Å²) in [5, 5.41) is 11.1. The minimum atomic E-state index is -1.24. The number of aromatic nitrogens is 4. The summed E-state index contributed by atoms with van der Waals surface area (Å²) >= 11 is 4.33. The molecular weight excluding hydrogens is 412 g/mol. The van der Waals surface area contributed by atoms with E-state index in [9.17, 15) is 19.5 Å². The average molecular weight is 424 g/mol. The number of rotatable bonds is 5. The van der Waals surface area contributed by atoms with Gasteiger partial charge in [0.05, 0.1) is 12.5 Å². The Morgan fingerprint density at radius 1 is 1.40 bits per heavy atom. The third-order valence-corrected chi connectivity index (χ3v) is 4.96. The van der Waals surface area contributed by atoms with E-state index >= 15 is 0 Å². The molecule has 0 bridgehead atoms. The van der Waals surface area contributed by atoms with E-state index in [4.69, 9.17) is 0 Å². The second kappa shape index (κ2) is 6.89. The van der Waals surface area contributed by atoms with Gasteiger partial charge in [0.1, 0.15) is 0 Å². The highest BCUT2D eigenvalue weighted by Crippen LogP contribution is 2.23.